The molecule has 0 radical (unpaired) electrons. The quantitative estimate of drug-likeness (QED) is 0.229. The second-order valence-electron chi connectivity index (χ2n) is 0.378. The molecule has 0 saturated carbocycles. The average Bonchev–Trinajstić information content (AvgIpc) is 1.46. The van der Waals surface area contributed by atoms with Gasteiger partial charge in [-0.1, -0.05) is 15.3 Å². The number of rotatable bonds is 0. The van der Waals surface area contributed by atoms with Gasteiger partial charge in [-0.2, -0.15) is 6.82 Å². The molecule has 0 aromatic rings. The van der Waals surface area contributed by atoms with Crippen LogP contribution in [0.3, 0.4) is 0 Å². The zero-order valence-electron chi connectivity index (χ0n) is 3.38. The maximum absolute atomic E-state index is 2.25. The molecule has 0 aromatic carbocycles. The van der Waals surface area contributed by atoms with Crippen LogP contribution >= 0.6 is 0 Å². The van der Waals surface area contributed by atoms with Crippen LogP contribution in [-0.2, 0) is 0 Å². The normalized spacial score (nSPS) is 4.00. The van der Waals surface area contributed by atoms with E-state index in [-0.39, 0.29) is 7.43 Å². The molecule has 0 spiro atoms. The molecule has 0 aliphatic rings. The van der Waals surface area contributed by atoms with Crippen LogP contribution in [0.5, 0.6) is 0 Å². The fourth-order valence-electron chi connectivity index (χ4n) is 0. The van der Waals surface area contributed by atoms with Crippen molar-refractivity contribution in [3.8, 4) is 0 Å². The average molecular weight is 202 g/mol. The molecule has 0 aliphatic heterocycles. The van der Waals surface area contributed by atoms with Crippen LogP contribution < -0.4 is 21.2 Å². The summed E-state index contributed by atoms with van der Waals surface area (Å²) in [4.78, 5) is 4.47. The topological polar surface area (TPSA) is 0 Å². The van der Waals surface area contributed by atoms with Gasteiger partial charge in [-0.05, 0) is 0 Å². The predicted octanol–water partition coefficient (Wildman–Crippen LogP) is -2.63. The highest BCUT2D eigenvalue weighted by Gasteiger charge is 1.61. The summed E-state index contributed by atoms with van der Waals surface area (Å²) in [7, 11) is 0.750. The van der Waals surface area contributed by atoms with Gasteiger partial charge in [-0.3, -0.25) is 0 Å². The largest absolute Gasteiger partial charge is 0.261 e. The van der Waals surface area contributed by atoms with Gasteiger partial charge in [0.1, 0.15) is 9.86 Å². The third-order valence-electron chi connectivity index (χ3n) is 0. The molecule has 0 rings (SSSR count). The van der Waals surface area contributed by atoms with Crippen molar-refractivity contribution in [3.05, 3.63) is 0 Å². The second-order valence-corrected chi connectivity index (χ2v) is 2.54. The van der Waals surface area contributed by atoms with Crippen LogP contribution in [-0.4, -0.2) is 17.7 Å². The molecule has 0 bridgehead atoms. The van der Waals surface area contributed by atoms with Gasteiger partial charge in [0.05, 0.1) is 0 Å². The third kappa shape index (κ3) is 109. The molecule has 42 valence electrons. The summed E-state index contributed by atoms with van der Waals surface area (Å²) in [5.41, 5.74) is 0. The first-order valence-corrected chi connectivity index (χ1v) is 5.07. The first-order valence-electron chi connectivity index (χ1n) is 0.756. The maximum atomic E-state index is 2.25. The molecule has 0 fully saturated rings. The van der Waals surface area contributed by atoms with Crippen molar-refractivity contribution in [3.63, 3.8) is 0 Å². The molecule has 0 amide bonds. The molecule has 0 N–H and O–H groups in total. The van der Waals surface area contributed by atoms with Crippen molar-refractivity contribution in [1.82, 2.24) is 0 Å². The molecule has 2 heteroatoms. The van der Waals surface area contributed by atoms with Crippen molar-refractivity contribution in [2.45, 2.75) is 14.2 Å². The Hall–Kier alpha value is 0.795. The van der Waals surface area contributed by atoms with Crippen LogP contribution in [0.4, 0.5) is 0 Å². The highest BCUT2D eigenvalue weighted by atomic mass is 127. The van der Waals surface area contributed by atoms with Crippen LogP contribution in [0.2, 0.25) is 6.82 Å². The van der Waals surface area contributed by atoms with E-state index in [0.29, 0.717) is 21.2 Å². The Balaban J connectivity index is -0.0000000275. The van der Waals surface area contributed by atoms with Crippen molar-refractivity contribution in [2.24, 2.45) is 0 Å². The van der Waals surface area contributed by atoms with E-state index in [4.69, 9.17) is 0 Å². The Morgan fingerprint density at radius 1 is 1.17 bits per heavy atom. The Bertz CT molecular complexity index is 7.51. The lowest BCUT2D eigenvalue weighted by Crippen LogP contribution is -3.59. The summed E-state index contributed by atoms with van der Waals surface area (Å²) >= 11 is 0.590. The first-order chi connectivity index (χ1) is 2.41. The second kappa shape index (κ2) is 41.4. The standard InChI is InChI=1S/C2H6I.CH6B.CH4/c1-3-2;1-2;/h1-2H3;1-2H3;1H4/q+1;-1;. The lowest BCUT2D eigenvalue weighted by Gasteiger charge is -1.22. The van der Waals surface area contributed by atoms with Crippen molar-refractivity contribution < 1.29 is 21.2 Å². The Labute approximate surface area is 53.4 Å². The number of hydrogen-bond acceptors (Lipinski definition) is 0. The summed E-state index contributed by atoms with van der Waals surface area (Å²) in [5.74, 6) is 0. The molecular weight excluding hydrogens is 186 g/mol. The lowest BCUT2D eigenvalue weighted by molar-refractivity contribution is -0.597. The van der Waals surface area contributed by atoms with Gasteiger partial charge in [0.15, 0.2) is 0 Å². The smallest absolute Gasteiger partial charge is 0.199 e. The number of halogens is 1. The van der Waals surface area contributed by atoms with E-state index in [1.807, 2.05) is 0 Å². The minimum atomic E-state index is 0. The summed E-state index contributed by atoms with van der Waals surface area (Å²) < 4.78 is 0. The fourth-order valence-corrected chi connectivity index (χ4v) is 0. The predicted molar refractivity (Wildman–Crippen MR) is 34.4 cm³/mol. The first kappa shape index (κ1) is 15.8. The molecule has 0 unspecified atom stereocenters. The van der Waals surface area contributed by atoms with Gasteiger partial charge in [-0.15, -0.1) is 0 Å². The zero-order chi connectivity index (χ0) is 4.71. The summed E-state index contributed by atoms with van der Waals surface area (Å²) in [6.45, 7) is 2.25. The molecule has 6 heavy (non-hydrogen) atoms. The monoisotopic (exact) mass is 202 g/mol. The molecule has 0 saturated heterocycles. The minimum absolute atomic E-state index is 0. The van der Waals surface area contributed by atoms with E-state index in [2.05, 4.69) is 16.7 Å². The lowest BCUT2D eigenvalue weighted by atomic mass is 10.2. The van der Waals surface area contributed by atoms with E-state index in [0.717, 1.165) is 7.85 Å². The van der Waals surface area contributed by atoms with Crippen molar-refractivity contribution in [1.29, 1.82) is 0 Å². The minimum Gasteiger partial charge on any atom is -0.199 e. The van der Waals surface area contributed by atoms with Crippen LogP contribution in [0.15, 0.2) is 0 Å². The molecule has 0 heterocycles. The van der Waals surface area contributed by atoms with E-state index in [9.17, 15) is 0 Å². The van der Waals surface area contributed by atoms with Gasteiger partial charge in [0.25, 0.3) is 21.2 Å². The third-order valence-corrected chi connectivity index (χ3v) is 0. The highest BCUT2D eigenvalue weighted by molar-refractivity contribution is 6.05. The summed E-state index contributed by atoms with van der Waals surface area (Å²) in [6.07, 6.45) is 0. The Kier molecular flexibility index (Phi) is 109. The summed E-state index contributed by atoms with van der Waals surface area (Å²) in [5, 5.41) is 0. The SMILES string of the molecule is C.C[I+]C.[BH3-]C. The van der Waals surface area contributed by atoms with Gasteiger partial charge in [0.2, 0.25) is 0 Å². The van der Waals surface area contributed by atoms with E-state index >= 15 is 0 Å². The molecular formula is C4H16BI. The van der Waals surface area contributed by atoms with Gasteiger partial charge in [0, 0.05) is 0 Å². The van der Waals surface area contributed by atoms with E-state index in [1.165, 1.54) is 0 Å². The molecule has 0 aliphatic carbocycles. The summed E-state index contributed by atoms with van der Waals surface area (Å²) in [6, 6.07) is 0. The van der Waals surface area contributed by atoms with Crippen LogP contribution in [0.25, 0.3) is 0 Å². The van der Waals surface area contributed by atoms with Crippen LogP contribution in [0.1, 0.15) is 7.43 Å². The molecule has 0 nitrogen and oxygen atoms in total. The number of hydrogen-bond donors (Lipinski definition) is 0. The van der Waals surface area contributed by atoms with Crippen molar-refractivity contribution in [2.75, 3.05) is 9.86 Å². The number of alkyl halides is 2. The van der Waals surface area contributed by atoms with Crippen molar-refractivity contribution >= 4 is 7.85 Å². The van der Waals surface area contributed by atoms with E-state index in [1.54, 1.807) is 0 Å². The Morgan fingerprint density at radius 2 is 1.17 bits per heavy atom. The van der Waals surface area contributed by atoms with Gasteiger partial charge in [-0.25, -0.2) is 0 Å². The van der Waals surface area contributed by atoms with Crippen LogP contribution in [0, 0.1) is 0 Å². The maximum Gasteiger partial charge on any atom is 0.261 e. The molecule has 0 aromatic heterocycles. The van der Waals surface area contributed by atoms with Gasteiger partial charge < -0.3 is 0 Å². The van der Waals surface area contributed by atoms with Gasteiger partial charge >= 0.3 is 0 Å². The van der Waals surface area contributed by atoms with E-state index < -0.39 is 0 Å². The fraction of sp³-hybridized carbons (Fsp3) is 1.00. The zero-order valence-corrected chi connectivity index (χ0v) is 5.54. The Morgan fingerprint density at radius 3 is 1.17 bits per heavy atom. The molecule has 0 atom stereocenters. The highest BCUT2D eigenvalue weighted by Crippen LogP contribution is 0.960.